The van der Waals surface area contributed by atoms with E-state index in [0.29, 0.717) is 11.6 Å². The number of amides is 1. The number of hydrogen-bond acceptors (Lipinski definition) is 7. The van der Waals surface area contributed by atoms with Gasteiger partial charge in [-0.05, 0) is 60.2 Å². The maximum atomic E-state index is 12.4. The molecule has 9 heteroatoms. The second-order valence-electron chi connectivity index (χ2n) is 7.10. The highest BCUT2D eigenvalue weighted by atomic mass is 16.2. The zero-order chi connectivity index (χ0) is 22.5. The lowest BCUT2D eigenvalue weighted by Gasteiger charge is -2.06. The van der Waals surface area contributed by atoms with E-state index < -0.39 is 0 Å². The third kappa shape index (κ3) is 4.72. The molecule has 0 aliphatic carbocycles. The number of carbonyl (C=O) groups excluding carboxylic acids is 1. The molecule has 5 aromatic rings. The maximum Gasteiger partial charge on any atom is 0.287 e. The van der Waals surface area contributed by atoms with Crippen LogP contribution >= 0.6 is 0 Å². The molecule has 4 aromatic heterocycles. The van der Waals surface area contributed by atoms with E-state index in [9.17, 15) is 4.79 Å². The lowest BCUT2D eigenvalue weighted by molar-refractivity contribution is 0.0951. The summed E-state index contributed by atoms with van der Waals surface area (Å²) in [5, 5.41) is 8.07. The summed E-state index contributed by atoms with van der Waals surface area (Å²) in [5.74, 6) is 0.133. The second-order valence-corrected chi connectivity index (χ2v) is 7.10. The Hall–Kier alpha value is -4.92. The average Bonchev–Trinajstić information content (AvgIpc) is 3.29. The monoisotopic (exact) mass is 434 g/mol. The normalized spacial score (nSPS) is 11.0. The summed E-state index contributed by atoms with van der Waals surface area (Å²) >= 11 is 0. The van der Waals surface area contributed by atoms with Gasteiger partial charge in [-0.2, -0.15) is 5.10 Å². The fraction of sp³-hybridized carbons (Fsp3) is 0. The van der Waals surface area contributed by atoms with Gasteiger partial charge in [-0.15, -0.1) is 0 Å². The number of rotatable bonds is 6. The van der Waals surface area contributed by atoms with Crippen LogP contribution in [-0.4, -0.2) is 37.0 Å². The van der Waals surface area contributed by atoms with Crippen LogP contribution < -0.4 is 10.7 Å². The molecule has 0 radical (unpaired) electrons. The molecule has 5 rings (SSSR count). The first kappa shape index (κ1) is 20.0. The van der Waals surface area contributed by atoms with E-state index in [0.717, 1.165) is 33.4 Å². The number of aromatic nitrogens is 5. The zero-order valence-corrected chi connectivity index (χ0v) is 17.3. The summed E-state index contributed by atoms with van der Waals surface area (Å²) in [6, 6.07) is 16.7. The quantitative estimate of drug-likeness (QED) is 0.275. The third-order valence-corrected chi connectivity index (χ3v) is 4.82. The zero-order valence-electron chi connectivity index (χ0n) is 17.3. The number of nitrogens with zero attached hydrogens (tertiary/aromatic N) is 5. The van der Waals surface area contributed by atoms with Crippen LogP contribution in [0.3, 0.4) is 0 Å². The predicted molar refractivity (Wildman–Crippen MR) is 126 cm³/mol. The first-order chi connectivity index (χ1) is 16.2. The van der Waals surface area contributed by atoms with Crippen molar-refractivity contribution in [3.05, 3.63) is 96.8 Å². The molecule has 0 saturated carbocycles. The van der Waals surface area contributed by atoms with Gasteiger partial charge in [-0.1, -0.05) is 0 Å². The minimum Gasteiger partial charge on any atom is -0.350 e. The van der Waals surface area contributed by atoms with E-state index in [-0.39, 0.29) is 5.91 Å². The molecule has 0 spiro atoms. The van der Waals surface area contributed by atoms with Crippen LogP contribution in [0.5, 0.6) is 0 Å². The van der Waals surface area contributed by atoms with Crippen molar-refractivity contribution in [2.24, 2.45) is 5.10 Å². The molecule has 33 heavy (non-hydrogen) atoms. The Morgan fingerprint density at radius 2 is 1.88 bits per heavy atom. The van der Waals surface area contributed by atoms with Crippen LogP contribution in [-0.2, 0) is 0 Å². The average molecular weight is 434 g/mol. The van der Waals surface area contributed by atoms with Crippen molar-refractivity contribution in [1.29, 1.82) is 0 Å². The van der Waals surface area contributed by atoms with Crippen molar-refractivity contribution in [2.75, 3.05) is 5.32 Å². The number of fused-ring (bicyclic) bond motifs is 1. The summed E-state index contributed by atoms with van der Waals surface area (Å²) in [4.78, 5) is 32.5. The summed E-state index contributed by atoms with van der Waals surface area (Å²) < 4.78 is 0. The molecule has 0 aliphatic heterocycles. The standard InChI is InChI=1S/C24H18N8O/c33-23(32-28-14-16-5-9-25-10-6-16)22-13-18-12-19(3-4-20(18)30-22)29-24-27-11-7-21(31-24)17-2-1-8-26-15-17/h1-15,30H,(H,32,33)(H,27,29,31)/b28-14+. The fourth-order valence-corrected chi connectivity index (χ4v) is 3.23. The number of anilines is 2. The summed E-state index contributed by atoms with van der Waals surface area (Å²) in [6.45, 7) is 0. The first-order valence-corrected chi connectivity index (χ1v) is 10.1. The molecule has 0 unspecified atom stereocenters. The van der Waals surface area contributed by atoms with E-state index in [4.69, 9.17) is 0 Å². The number of benzene rings is 1. The van der Waals surface area contributed by atoms with E-state index in [2.05, 4.69) is 40.8 Å². The lowest BCUT2D eigenvalue weighted by Crippen LogP contribution is -2.17. The molecule has 160 valence electrons. The van der Waals surface area contributed by atoms with Crippen molar-refractivity contribution in [2.45, 2.75) is 0 Å². The number of aromatic amines is 1. The minimum absolute atomic E-state index is 0.335. The molecule has 0 aliphatic rings. The summed E-state index contributed by atoms with van der Waals surface area (Å²) in [6.07, 6.45) is 10.0. The van der Waals surface area contributed by atoms with Crippen LogP contribution in [0, 0.1) is 0 Å². The highest BCUT2D eigenvalue weighted by Crippen LogP contribution is 2.23. The van der Waals surface area contributed by atoms with Gasteiger partial charge in [0.1, 0.15) is 5.69 Å². The number of nitrogens with one attached hydrogen (secondary N) is 3. The summed E-state index contributed by atoms with van der Waals surface area (Å²) in [7, 11) is 0. The Morgan fingerprint density at radius 1 is 0.970 bits per heavy atom. The highest BCUT2D eigenvalue weighted by Gasteiger charge is 2.10. The molecular formula is C24H18N8O. The lowest BCUT2D eigenvalue weighted by atomic mass is 10.2. The molecule has 3 N–H and O–H groups in total. The van der Waals surface area contributed by atoms with Crippen LogP contribution in [0.4, 0.5) is 11.6 Å². The van der Waals surface area contributed by atoms with Crippen LogP contribution in [0.1, 0.15) is 16.1 Å². The van der Waals surface area contributed by atoms with Gasteiger partial charge < -0.3 is 10.3 Å². The highest BCUT2D eigenvalue weighted by molar-refractivity contribution is 5.99. The Morgan fingerprint density at radius 3 is 2.73 bits per heavy atom. The van der Waals surface area contributed by atoms with Gasteiger partial charge >= 0.3 is 0 Å². The molecular weight excluding hydrogens is 416 g/mol. The van der Waals surface area contributed by atoms with Crippen molar-refractivity contribution in [1.82, 2.24) is 30.3 Å². The smallest absolute Gasteiger partial charge is 0.287 e. The number of hydrazone groups is 1. The Labute approximate surface area is 188 Å². The minimum atomic E-state index is -0.335. The molecule has 0 atom stereocenters. The molecule has 0 bridgehead atoms. The van der Waals surface area contributed by atoms with E-state index >= 15 is 0 Å². The number of pyridine rings is 2. The van der Waals surface area contributed by atoms with Gasteiger partial charge in [0.2, 0.25) is 5.95 Å². The number of hydrogen-bond donors (Lipinski definition) is 3. The van der Waals surface area contributed by atoms with Crippen molar-refractivity contribution in [3.8, 4) is 11.3 Å². The maximum absolute atomic E-state index is 12.4. The Balaban J connectivity index is 1.30. The van der Waals surface area contributed by atoms with Crippen molar-refractivity contribution < 1.29 is 4.79 Å². The molecule has 4 heterocycles. The van der Waals surface area contributed by atoms with Gasteiger partial charge in [0, 0.05) is 53.1 Å². The van der Waals surface area contributed by atoms with Crippen molar-refractivity contribution >= 4 is 34.7 Å². The predicted octanol–water partition coefficient (Wildman–Crippen LogP) is 3.92. The number of carbonyl (C=O) groups is 1. The second kappa shape index (κ2) is 9.06. The first-order valence-electron chi connectivity index (χ1n) is 10.1. The van der Waals surface area contributed by atoms with E-state index in [1.54, 1.807) is 55.4 Å². The van der Waals surface area contributed by atoms with Gasteiger partial charge in [0.05, 0.1) is 11.9 Å². The topological polar surface area (TPSA) is 121 Å². The van der Waals surface area contributed by atoms with Crippen molar-refractivity contribution in [3.63, 3.8) is 0 Å². The third-order valence-electron chi connectivity index (χ3n) is 4.82. The molecule has 1 aromatic carbocycles. The molecule has 0 fully saturated rings. The Bertz CT molecular complexity index is 1430. The van der Waals surface area contributed by atoms with Gasteiger partial charge in [-0.3, -0.25) is 14.8 Å². The van der Waals surface area contributed by atoms with E-state index in [1.165, 1.54) is 0 Å². The molecule has 0 saturated heterocycles. The van der Waals surface area contributed by atoms with Gasteiger partial charge in [0.25, 0.3) is 5.91 Å². The largest absolute Gasteiger partial charge is 0.350 e. The van der Waals surface area contributed by atoms with Crippen LogP contribution in [0.25, 0.3) is 22.2 Å². The Kier molecular flexibility index (Phi) is 5.50. The fourth-order valence-electron chi connectivity index (χ4n) is 3.23. The number of H-pyrrole nitrogens is 1. The summed E-state index contributed by atoms with van der Waals surface area (Å²) in [5.41, 5.74) is 7.08. The van der Waals surface area contributed by atoms with Crippen LogP contribution in [0.2, 0.25) is 0 Å². The van der Waals surface area contributed by atoms with Gasteiger partial charge in [0.15, 0.2) is 0 Å². The SMILES string of the molecule is O=C(N/N=C/c1ccncc1)c1cc2cc(Nc3nccc(-c4cccnc4)n3)ccc2[nH]1. The molecule has 1 amide bonds. The van der Waals surface area contributed by atoms with Gasteiger partial charge in [-0.25, -0.2) is 15.4 Å². The molecule has 9 nitrogen and oxygen atoms in total. The van der Waals surface area contributed by atoms with Crippen LogP contribution in [0.15, 0.2) is 90.7 Å². The van der Waals surface area contributed by atoms with E-state index in [1.807, 2.05) is 36.4 Å².